The first-order valence-electron chi connectivity index (χ1n) is 8.41. The highest BCUT2D eigenvalue weighted by Gasteiger charge is 2.39. The van der Waals surface area contributed by atoms with Crippen molar-refractivity contribution in [2.45, 2.75) is 43.2 Å². The number of rotatable bonds is 9. The predicted molar refractivity (Wildman–Crippen MR) is 107 cm³/mol. The summed E-state index contributed by atoms with van der Waals surface area (Å²) in [5.74, 6) is -0.801. The maximum Gasteiger partial charge on any atom is 0.242 e. The van der Waals surface area contributed by atoms with E-state index in [2.05, 4.69) is 15.4 Å². The Morgan fingerprint density at radius 2 is 2.07 bits per heavy atom. The zero-order valence-electron chi connectivity index (χ0n) is 14.7. The molecule has 5 N–H and O–H groups in total. The topological polar surface area (TPSA) is 128 Å². The summed E-state index contributed by atoms with van der Waals surface area (Å²) < 4.78 is 40.9. The number of aliphatic hydroxyl groups excluding tert-OH is 2. The quantitative estimate of drug-likeness (QED) is 0.298. The van der Waals surface area contributed by atoms with Crippen molar-refractivity contribution in [2.75, 3.05) is 18.5 Å². The lowest BCUT2D eigenvalue weighted by Crippen LogP contribution is -2.55. The van der Waals surface area contributed by atoms with Gasteiger partial charge in [-0.2, -0.15) is 0 Å². The Balaban J connectivity index is 1.79. The van der Waals surface area contributed by atoms with Gasteiger partial charge in [0.15, 0.2) is 0 Å². The van der Waals surface area contributed by atoms with Crippen LogP contribution in [0.5, 0.6) is 0 Å². The van der Waals surface area contributed by atoms with Crippen LogP contribution in [0.2, 0.25) is 0 Å². The molecule has 0 bridgehead atoms. The van der Waals surface area contributed by atoms with Crippen molar-refractivity contribution >= 4 is 44.2 Å². The predicted octanol–water partition coefficient (Wildman–Crippen LogP) is 0.150. The van der Waals surface area contributed by atoms with Gasteiger partial charge in [0.1, 0.15) is 11.9 Å². The van der Waals surface area contributed by atoms with Crippen molar-refractivity contribution in [2.24, 2.45) is 0 Å². The molecule has 8 nitrogen and oxygen atoms in total. The molecule has 1 aliphatic carbocycles. The van der Waals surface area contributed by atoms with E-state index in [1.165, 1.54) is 6.07 Å². The number of hydrogen-bond donors (Lipinski definition) is 5. The molecule has 0 saturated heterocycles. The molecule has 0 spiro atoms. The molecule has 1 aliphatic rings. The summed E-state index contributed by atoms with van der Waals surface area (Å²) in [6.07, 6.45) is -0.647. The second-order valence-electron chi connectivity index (χ2n) is 6.52. The van der Waals surface area contributed by atoms with E-state index in [1.807, 2.05) is 22.6 Å². The van der Waals surface area contributed by atoms with Crippen LogP contribution in [-0.2, 0) is 14.8 Å². The highest BCUT2D eigenvalue weighted by atomic mass is 127. The number of halogens is 2. The maximum atomic E-state index is 13.8. The average Bonchev–Trinajstić information content (AvgIpc) is 2.57. The fourth-order valence-electron chi connectivity index (χ4n) is 2.56. The second-order valence-corrected chi connectivity index (χ2v) is 9.81. The van der Waals surface area contributed by atoms with Crippen molar-refractivity contribution in [3.8, 4) is 0 Å². The number of sulfonamides is 1. The largest absolute Gasteiger partial charge is 0.394 e. The van der Waals surface area contributed by atoms with Crippen LogP contribution in [0.1, 0.15) is 19.8 Å². The highest BCUT2D eigenvalue weighted by Crippen LogP contribution is 2.26. The van der Waals surface area contributed by atoms with E-state index in [1.54, 1.807) is 19.1 Å². The van der Waals surface area contributed by atoms with Crippen molar-refractivity contribution in [3.63, 3.8) is 0 Å². The summed E-state index contributed by atoms with van der Waals surface area (Å²) in [5.41, 5.74) is 0.221. The van der Waals surface area contributed by atoms with Crippen LogP contribution in [0.15, 0.2) is 18.2 Å². The Hall–Kier alpha value is -1.02. The highest BCUT2D eigenvalue weighted by molar-refractivity contribution is 14.1. The molecular weight excluding hydrogens is 492 g/mol. The molecule has 27 heavy (non-hydrogen) atoms. The third kappa shape index (κ3) is 6.24. The minimum atomic E-state index is -3.61. The lowest BCUT2D eigenvalue weighted by molar-refractivity contribution is -0.122. The van der Waals surface area contributed by atoms with Gasteiger partial charge in [0, 0.05) is 16.2 Å². The second kappa shape index (κ2) is 9.45. The standard InChI is InChI=1S/C16H23FIN3O5S/c1-9(20-15-3-2-10(18)4-14(15)17)16(24)21-11-5-13(6-11)27(25,26)19-7-12(23)8-22/h2-4,9,11-13,19-20,22-23H,5-8H2,1H3,(H,21,24). The first-order valence-corrected chi connectivity index (χ1v) is 11.0. The van der Waals surface area contributed by atoms with Gasteiger partial charge in [0.25, 0.3) is 0 Å². The minimum absolute atomic E-state index is 0.221. The third-order valence-electron chi connectivity index (χ3n) is 4.31. The third-order valence-corrected chi connectivity index (χ3v) is 6.81. The van der Waals surface area contributed by atoms with Gasteiger partial charge in [-0.3, -0.25) is 4.79 Å². The zero-order chi connectivity index (χ0) is 20.2. The van der Waals surface area contributed by atoms with E-state index >= 15 is 0 Å². The Kier molecular flexibility index (Phi) is 7.80. The van der Waals surface area contributed by atoms with Crippen LogP contribution in [0.25, 0.3) is 0 Å². The van der Waals surface area contributed by atoms with E-state index in [9.17, 15) is 22.7 Å². The minimum Gasteiger partial charge on any atom is -0.394 e. The molecule has 2 unspecified atom stereocenters. The molecule has 1 amide bonds. The summed E-state index contributed by atoms with van der Waals surface area (Å²) in [4.78, 5) is 12.2. The Morgan fingerprint density at radius 3 is 2.67 bits per heavy atom. The lowest BCUT2D eigenvalue weighted by Gasteiger charge is -2.36. The molecule has 0 aromatic heterocycles. The average molecular weight is 515 g/mol. The molecule has 0 aliphatic heterocycles. The van der Waals surface area contributed by atoms with Gasteiger partial charge in [-0.15, -0.1) is 0 Å². The van der Waals surface area contributed by atoms with E-state index in [-0.39, 0.29) is 37.0 Å². The number of anilines is 1. The van der Waals surface area contributed by atoms with Crippen LogP contribution >= 0.6 is 22.6 Å². The first-order chi connectivity index (χ1) is 12.6. The van der Waals surface area contributed by atoms with Crippen LogP contribution in [-0.4, -0.2) is 61.1 Å². The van der Waals surface area contributed by atoms with Crippen molar-refractivity contribution in [1.82, 2.24) is 10.0 Å². The lowest BCUT2D eigenvalue weighted by atomic mass is 9.92. The van der Waals surface area contributed by atoms with Crippen LogP contribution in [0, 0.1) is 9.39 Å². The SMILES string of the molecule is CC(Nc1ccc(I)cc1F)C(=O)NC1CC(S(=O)(=O)NCC(O)CO)C1. The fraction of sp³-hybridized carbons (Fsp3) is 0.562. The maximum absolute atomic E-state index is 13.8. The van der Waals surface area contributed by atoms with Crippen molar-refractivity contribution in [1.29, 1.82) is 0 Å². The summed E-state index contributed by atoms with van der Waals surface area (Å²) in [6.45, 7) is 0.810. The molecule has 1 fully saturated rings. The molecule has 1 aromatic rings. The molecule has 2 rings (SSSR count). The Bertz CT molecular complexity index is 773. The number of nitrogens with one attached hydrogen (secondary N) is 3. The van der Waals surface area contributed by atoms with Crippen molar-refractivity contribution < 1.29 is 27.8 Å². The fourth-order valence-corrected chi connectivity index (χ4v) is 4.65. The van der Waals surface area contributed by atoms with Gasteiger partial charge in [-0.05, 0) is 60.6 Å². The number of benzene rings is 1. The summed E-state index contributed by atoms with van der Waals surface area (Å²) in [6, 6.07) is 3.66. The number of hydrogen-bond acceptors (Lipinski definition) is 6. The Labute approximate surface area is 171 Å². The molecule has 0 radical (unpaired) electrons. The summed E-state index contributed by atoms with van der Waals surface area (Å²) in [7, 11) is -3.61. The molecule has 0 heterocycles. The van der Waals surface area contributed by atoms with Crippen LogP contribution < -0.4 is 15.4 Å². The molecule has 1 aromatic carbocycles. The smallest absolute Gasteiger partial charge is 0.242 e. The monoisotopic (exact) mass is 515 g/mol. The first kappa shape index (κ1) is 22.3. The summed E-state index contributed by atoms with van der Waals surface area (Å²) >= 11 is 1.99. The molecule has 2 atom stereocenters. The molecular formula is C16H23FIN3O5S. The number of carbonyl (C=O) groups excluding carboxylic acids is 1. The van der Waals surface area contributed by atoms with Gasteiger partial charge in [0.05, 0.1) is 23.6 Å². The molecule has 152 valence electrons. The van der Waals surface area contributed by atoms with Crippen LogP contribution in [0.4, 0.5) is 10.1 Å². The molecule has 1 saturated carbocycles. The summed E-state index contributed by atoms with van der Waals surface area (Å²) in [5, 5.41) is 22.8. The van der Waals surface area contributed by atoms with Gasteiger partial charge < -0.3 is 20.8 Å². The van der Waals surface area contributed by atoms with Crippen molar-refractivity contribution in [3.05, 3.63) is 27.6 Å². The number of aliphatic hydroxyl groups is 2. The van der Waals surface area contributed by atoms with E-state index in [0.717, 1.165) is 3.57 Å². The van der Waals surface area contributed by atoms with Gasteiger partial charge in [-0.25, -0.2) is 17.5 Å². The van der Waals surface area contributed by atoms with E-state index in [4.69, 9.17) is 5.11 Å². The number of carbonyl (C=O) groups is 1. The van der Waals surface area contributed by atoms with Gasteiger partial charge in [0.2, 0.25) is 15.9 Å². The van der Waals surface area contributed by atoms with Gasteiger partial charge >= 0.3 is 0 Å². The normalized spacial score (nSPS) is 21.8. The van der Waals surface area contributed by atoms with E-state index in [0.29, 0.717) is 0 Å². The Morgan fingerprint density at radius 1 is 1.41 bits per heavy atom. The molecule has 11 heteroatoms. The number of amides is 1. The van der Waals surface area contributed by atoms with E-state index < -0.39 is 39.8 Å². The van der Waals surface area contributed by atoms with Crippen LogP contribution in [0.3, 0.4) is 0 Å². The zero-order valence-corrected chi connectivity index (χ0v) is 17.6. The van der Waals surface area contributed by atoms with Gasteiger partial charge in [-0.1, -0.05) is 0 Å².